The van der Waals surface area contributed by atoms with Crippen LogP contribution in [0.25, 0.3) is 10.8 Å². The van der Waals surface area contributed by atoms with E-state index in [0.717, 1.165) is 22.0 Å². The third-order valence-electron chi connectivity index (χ3n) is 2.26. The van der Waals surface area contributed by atoms with Crippen LogP contribution in [0.2, 0.25) is 0 Å². The first kappa shape index (κ1) is 8.58. The zero-order valence-corrected chi connectivity index (χ0v) is 7.70. The first-order valence-corrected chi connectivity index (χ1v) is 4.45. The van der Waals surface area contributed by atoms with Crippen LogP contribution in [0.1, 0.15) is 5.56 Å². The van der Waals surface area contributed by atoms with Gasteiger partial charge in [-0.2, -0.15) is 5.26 Å². The molecule has 0 saturated heterocycles. The smallest absolute Gasteiger partial charge is 0.0669 e. The van der Waals surface area contributed by atoms with Gasteiger partial charge in [0.1, 0.15) is 0 Å². The molecule has 0 fully saturated rings. The molecule has 2 nitrogen and oxygen atoms in total. The van der Waals surface area contributed by atoms with E-state index in [-0.39, 0.29) is 0 Å². The molecule has 2 aromatic carbocycles. The predicted octanol–water partition coefficient (Wildman–Crippen LogP) is 2.49. The molecule has 14 heavy (non-hydrogen) atoms. The third-order valence-corrected chi connectivity index (χ3v) is 2.26. The summed E-state index contributed by atoms with van der Waals surface area (Å²) in [5.74, 6) is 0. The molecule has 0 heterocycles. The molecule has 0 saturated carbocycles. The Labute approximate surface area is 82.6 Å². The highest BCUT2D eigenvalue weighted by Crippen LogP contribution is 2.21. The number of hydrogen-bond acceptors (Lipinski definition) is 2. The molecule has 0 bridgehead atoms. The van der Waals surface area contributed by atoms with Crippen molar-refractivity contribution in [1.82, 2.24) is 0 Å². The van der Waals surface area contributed by atoms with Gasteiger partial charge in [0, 0.05) is 5.69 Å². The van der Waals surface area contributed by atoms with E-state index in [1.165, 1.54) is 0 Å². The summed E-state index contributed by atoms with van der Waals surface area (Å²) >= 11 is 0. The minimum absolute atomic E-state index is 0.446. The van der Waals surface area contributed by atoms with Crippen LogP contribution in [0, 0.1) is 11.3 Å². The molecule has 2 heteroatoms. The second kappa shape index (κ2) is 3.39. The summed E-state index contributed by atoms with van der Waals surface area (Å²) < 4.78 is 0. The molecule has 0 aromatic heterocycles. The summed E-state index contributed by atoms with van der Waals surface area (Å²) in [4.78, 5) is 0. The molecular weight excluding hydrogens is 172 g/mol. The van der Waals surface area contributed by atoms with E-state index >= 15 is 0 Å². The molecule has 2 rings (SSSR count). The van der Waals surface area contributed by atoms with Crippen molar-refractivity contribution in [2.75, 3.05) is 5.73 Å². The van der Waals surface area contributed by atoms with Crippen molar-refractivity contribution >= 4 is 16.5 Å². The molecule has 2 N–H and O–H groups in total. The number of benzene rings is 2. The normalized spacial score (nSPS) is 9.93. The molecular formula is C12H10N2. The molecule has 0 spiro atoms. The van der Waals surface area contributed by atoms with Gasteiger partial charge in [-0.3, -0.25) is 0 Å². The van der Waals surface area contributed by atoms with E-state index in [2.05, 4.69) is 6.07 Å². The van der Waals surface area contributed by atoms with E-state index in [4.69, 9.17) is 11.0 Å². The Kier molecular flexibility index (Phi) is 2.08. The highest BCUT2D eigenvalue weighted by molar-refractivity contribution is 5.88. The Morgan fingerprint density at radius 3 is 2.86 bits per heavy atom. The maximum Gasteiger partial charge on any atom is 0.0669 e. The van der Waals surface area contributed by atoms with E-state index in [1.54, 1.807) is 0 Å². The van der Waals surface area contributed by atoms with Crippen LogP contribution in [-0.2, 0) is 6.42 Å². The van der Waals surface area contributed by atoms with Crippen LogP contribution < -0.4 is 5.73 Å². The van der Waals surface area contributed by atoms with E-state index < -0.39 is 0 Å². The Morgan fingerprint density at radius 1 is 1.21 bits per heavy atom. The van der Waals surface area contributed by atoms with Crippen LogP contribution in [0.5, 0.6) is 0 Å². The lowest BCUT2D eigenvalue weighted by Gasteiger charge is -2.03. The van der Waals surface area contributed by atoms with E-state index in [9.17, 15) is 0 Å². The van der Waals surface area contributed by atoms with Crippen LogP contribution in [0.3, 0.4) is 0 Å². The standard InChI is InChI=1S/C12H10N2/c13-7-6-9-2-1-3-10-8-11(14)4-5-12(9)10/h1-5,8H,6,14H2. The van der Waals surface area contributed by atoms with Gasteiger partial charge >= 0.3 is 0 Å². The van der Waals surface area contributed by atoms with Gasteiger partial charge in [-0.25, -0.2) is 0 Å². The summed E-state index contributed by atoms with van der Waals surface area (Å²) in [6.07, 6.45) is 0.446. The lowest BCUT2D eigenvalue weighted by molar-refractivity contribution is 1.29. The van der Waals surface area contributed by atoms with Crippen molar-refractivity contribution in [2.45, 2.75) is 6.42 Å². The van der Waals surface area contributed by atoms with Gasteiger partial charge in [0.05, 0.1) is 12.5 Å². The molecule has 0 atom stereocenters. The van der Waals surface area contributed by atoms with E-state index in [1.807, 2.05) is 36.4 Å². The molecule has 0 amide bonds. The molecule has 0 radical (unpaired) electrons. The van der Waals surface area contributed by atoms with Crippen LogP contribution in [-0.4, -0.2) is 0 Å². The van der Waals surface area contributed by atoms with Gasteiger partial charge < -0.3 is 5.73 Å². The van der Waals surface area contributed by atoms with Crippen molar-refractivity contribution in [2.24, 2.45) is 0 Å². The van der Waals surface area contributed by atoms with Crippen LogP contribution >= 0.6 is 0 Å². The number of fused-ring (bicyclic) bond motifs is 1. The number of nitrogens with zero attached hydrogens (tertiary/aromatic N) is 1. The Bertz CT molecular complexity index is 509. The largest absolute Gasteiger partial charge is 0.399 e. The fourth-order valence-corrected chi connectivity index (χ4v) is 1.61. The fraction of sp³-hybridized carbons (Fsp3) is 0.0833. The number of nitrogens with two attached hydrogens (primary N) is 1. The second-order valence-corrected chi connectivity index (χ2v) is 3.23. The SMILES string of the molecule is N#CCc1cccc2cc(N)ccc12. The van der Waals surface area contributed by atoms with Gasteiger partial charge in [-0.05, 0) is 28.5 Å². The minimum Gasteiger partial charge on any atom is -0.399 e. The number of anilines is 1. The third kappa shape index (κ3) is 1.40. The van der Waals surface area contributed by atoms with Crippen molar-refractivity contribution in [3.8, 4) is 6.07 Å². The zero-order chi connectivity index (χ0) is 9.97. The quantitative estimate of drug-likeness (QED) is 0.689. The molecule has 0 aliphatic heterocycles. The summed E-state index contributed by atoms with van der Waals surface area (Å²) in [5, 5.41) is 10.9. The average Bonchev–Trinajstić information content (AvgIpc) is 2.18. The van der Waals surface area contributed by atoms with Crippen molar-refractivity contribution in [3.05, 3.63) is 42.0 Å². The molecule has 2 aromatic rings. The fourth-order valence-electron chi connectivity index (χ4n) is 1.61. The van der Waals surface area contributed by atoms with Crippen molar-refractivity contribution < 1.29 is 0 Å². The number of rotatable bonds is 1. The maximum absolute atomic E-state index is 8.66. The lowest BCUT2D eigenvalue weighted by atomic mass is 10.0. The highest BCUT2D eigenvalue weighted by Gasteiger charge is 1.99. The van der Waals surface area contributed by atoms with E-state index in [0.29, 0.717) is 6.42 Å². The number of nitriles is 1. The first-order chi connectivity index (χ1) is 6.81. The molecule has 68 valence electrons. The summed E-state index contributed by atoms with van der Waals surface area (Å²) in [6.45, 7) is 0. The molecule has 0 aliphatic rings. The van der Waals surface area contributed by atoms with Gasteiger partial charge in [0.15, 0.2) is 0 Å². The van der Waals surface area contributed by atoms with Crippen LogP contribution in [0.15, 0.2) is 36.4 Å². The highest BCUT2D eigenvalue weighted by atomic mass is 14.5. The first-order valence-electron chi connectivity index (χ1n) is 4.45. The zero-order valence-electron chi connectivity index (χ0n) is 7.70. The predicted molar refractivity (Wildman–Crippen MR) is 57.7 cm³/mol. The minimum atomic E-state index is 0.446. The Morgan fingerprint density at radius 2 is 2.07 bits per heavy atom. The summed E-state index contributed by atoms with van der Waals surface area (Å²) in [7, 11) is 0. The summed E-state index contributed by atoms with van der Waals surface area (Å²) in [5.41, 5.74) is 7.50. The van der Waals surface area contributed by atoms with Gasteiger partial charge in [0.25, 0.3) is 0 Å². The maximum atomic E-state index is 8.66. The summed E-state index contributed by atoms with van der Waals surface area (Å²) in [6, 6.07) is 13.9. The van der Waals surface area contributed by atoms with Crippen molar-refractivity contribution in [3.63, 3.8) is 0 Å². The monoisotopic (exact) mass is 182 g/mol. The average molecular weight is 182 g/mol. The number of nitrogen functional groups attached to an aromatic ring is 1. The van der Waals surface area contributed by atoms with Crippen molar-refractivity contribution in [1.29, 1.82) is 5.26 Å². The topological polar surface area (TPSA) is 49.8 Å². The van der Waals surface area contributed by atoms with Gasteiger partial charge in [-0.1, -0.05) is 24.3 Å². The van der Waals surface area contributed by atoms with Crippen LogP contribution in [0.4, 0.5) is 5.69 Å². The Balaban J connectivity index is 2.70. The van der Waals surface area contributed by atoms with Gasteiger partial charge in [-0.15, -0.1) is 0 Å². The lowest BCUT2D eigenvalue weighted by Crippen LogP contribution is -1.87. The molecule has 0 unspecified atom stereocenters. The Hall–Kier alpha value is -2.01. The second-order valence-electron chi connectivity index (χ2n) is 3.23. The number of hydrogen-bond donors (Lipinski definition) is 1. The molecule has 0 aliphatic carbocycles. The van der Waals surface area contributed by atoms with Gasteiger partial charge in [0.2, 0.25) is 0 Å².